The molecule has 0 unspecified atom stereocenters. The molecule has 0 N–H and O–H groups in total. The number of esters is 1. The maximum Gasteiger partial charge on any atom is 0.343 e. The summed E-state index contributed by atoms with van der Waals surface area (Å²) in [6.07, 6.45) is 0. The molecule has 4 nitrogen and oxygen atoms in total. The van der Waals surface area contributed by atoms with E-state index in [1.54, 1.807) is 12.1 Å². The molecule has 0 aliphatic carbocycles. The minimum atomic E-state index is -0.650. The van der Waals surface area contributed by atoms with Gasteiger partial charge in [0.15, 0.2) is 23.1 Å². The zero-order chi connectivity index (χ0) is 13.2. The molecule has 0 amide bonds. The molecule has 5 heteroatoms. The zero-order valence-corrected chi connectivity index (χ0v) is 9.76. The van der Waals surface area contributed by atoms with Gasteiger partial charge in [-0.25, -0.2) is 9.18 Å². The van der Waals surface area contributed by atoms with Crippen LogP contribution in [0.3, 0.4) is 0 Å². The van der Waals surface area contributed by atoms with Gasteiger partial charge in [0, 0.05) is 0 Å². The van der Waals surface area contributed by atoms with Crippen LogP contribution in [0, 0.1) is 5.82 Å². The first-order chi connectivity index (χ1) is 9.24. The maximum atomic E-state index is 13.4. The van der Waals surface area contributed by atoms with E-state index < -0.39 is 11.8 Å². The second-order valence-corrected chi connectivity index (χ2v) is 3.89. The first-order valence-corrected chi connectivity index (χ1v) is 5.60. The summed E-state index contributed by atoms with van der Waals surface area (Å²) in [6.45, 7) is 0.126. The third-order valence-electron chi connectivity index (χ3n) is 2.65. The highest BCUT2D eigenvalue weighted by molar-refractivity contribution is 5.91. The summed E-state index contributed by atoms with van der Waals surface area (Å²) in [7, 11) is 0. The van der Waals surface area contributed by atoms with Crippen molar-refractivity contribution in [3.63, 3.8) is 0 Å². The van der Waals surface area contributed by atoms with Gasteiger partial charge in [-0.1, -0.05) is 12.1 Å². The summed E-state index contributed by atoms with van der Waals surface area (Å²) < 4.78 is 28.6. The number of para-hydroxylation sites is 1. The molecule has 0 fully saturated rings. The second-order valence-electron chi connectivity index (χ2n) is 3.89. The number of rotatable bonds is 2. The first kappa shape index (κ1) is 11.5. The van der Waals surface area contributed by atoms with E-state index in [2.05, 4.69) is 0 Å². The molecular formula is C14H9FO4. The minimum Gasteiger partial charge on any atom is -0.454 e. The lowest BCUT2D eigenvalue weighted by Crippen LogP contribution is -2.09. The van der Waals surface area contributed by atoms with E-state index in [-0.39, 0.29) is 18.1 Å². The molecule has 0 atom stereocenters. The van der Waals surface area contributed by atoms with E-state index in [0.717, 1.165) is 0 Å². The molecule has 2 aromatic carbocycles. The van der Waals surface area contributed by atoms with E-state index in [4.69, 9.17) is 14.2 Å². The molecule has 1 heterocycles. The van der Waals surface area contributed by atoms with Gasteiger partial charge < -0.3 is 14.2 Å². The predicted octanol–water partition coefficient (Wildman–Crippen LogP) is 2.77. The number of ether oxygens (including phenoxy) is 3. The standard InChI is InChI=1S/C14H9FO4/c15-10-3-1-2-4-11(10)19-14(16)9-5-6-12-13(7-9)18-8-17-12/h1-7H,8H2. The van der Waals surface area contributed by atoms with Crippen molar-refractivity contribution in [2.24, 2.45) is 0 Å². The largest absolute Gasteiger partial charge is 0.454 e. The van der Waals surface area contributed by atoms with Gasteiger partial charge in [0.1, 0.15) is 0 Å². The van der Waals surface area contributed by atoms with Gasteiger partial charge in [0.05, 0.1) is 5.56 Å². The lowest BCUT2D eigenvalue weighted by Gasteiger charge is -2.05. The number of carbonyl (C=O) groups is 1. The van der Waals surface area contributed by atoms with Crippen LogP contribution in [-0.4, -0.2) is 12.8 Å². The van der Waals surface area contributed by atoms with Crippen molar-refractivity contribution in [2.45, 2.75) is 0 Å². The number of hydrogen-bond acceptors (Lipinski definition) is 4. The highest BCUT2D eigenvalue weighted by Gasteiger charge is 2.18. The monoisotopic (exact) mass is 260 g/mol. The molecule has 0 spiro atoms. The number of carbonyl (C=O) groups excluding carboxylic acids is 1. The van der Waals surface area contributed by atoms with Crippen molar-refractivity contribution in [3.05, 3.63) is 53.8 Å². The molecule has 0 bridgehead atoms. The Bertz CT molecular complexity index is 639. The van der Waals surface area contributed by atoms with Crippen molar-refractivity contribution in [3.8, 4) is 17.2 Å². The van der Waals surface area contributed by atoms with Gasteiger partial charge in [-0.2, -0.15) is 0 Å². The van der Waals surface area contributed by atoms with E-state index in [1.165, 1.54) is 30.3 Å². The second kappa shape index (κ2) is 4.61. The molecule has 3 rings (SSSR count). The van der Waals surface area contributed by atoms with Crippen LogP contribution in [-0.2, 0) is 0 Å². The highest BCUT2D eigenvalue weighted by atomic mass is 19.1. The van der Waals surface area contributed by atoms with E-state index in [0.29, 0.717) is 11.5 Å². The minimum absolute atomic E-state index is 0.106. The normalized spacial score (nSPS) is 12.3. The van der Waals surface area contributed by atoms with Crippen LogP contribution in [0.5, 0.6) is 17.2 Å². The smallest absolute Gasteiger partial charge is 0.343 e. The van der Waals surface area contributed by atoms with Crippen LogP contribution in [0.15, 0.2) is 42.5 Å². The molecule has 19 heavy (non-hydrogen) atoms. The van der Waals surface area contributed by atoms with Crippen molar-refractivity contribution < 1.29 is 23.4 Å². The first-order valence-electron chi connectivity index (χ1n) is 5.60. The Morgan fingerprint density at radius 2 is 1.89 bits per heavy atom. The maximum absolute atomic E-state index is 13.4. The van der Waals surface area contributed by atoms with Crippen molar-refractivity contribution in [2.75, 3.05) is 6.79 Å². The molecular weight excluding hydrogens is 251 g/mol. The fourth-order valence-corrected chi connectivity index (χ4v) is 1.71. The zero-order valence-electron chi connectivity index (χ0n) is 9.76. The number of hydrogen-bond donors (Lipinski definition) is 0. The quantitative estimate of drug-likeness (QED) is 0.615. The Labute approximate surface area is 108 Å². The fourth-order valence-electron chi connectivity index (χ4n) is 1.71. The van der Waals surface area contributed by atoms with Crippen LogP contribution in [0.2, 0.25) is 0 Å². The summed E-state index contributed by atoms with van der Waals surface area (Å²) in [5, 5.41) is 0. The molecule has 2 aromatic rings. The molecule has 1 aliphatic heterocycles. The molecule has 0 saturated heterocycles. The van der Waals surface area contributed by atoms with Crippen molar-refractivity contribution >= 4 is 5.97 Å². The van der Waals surface area contributed by atoms with Crippen LogP contribution in [0.4, 0.5) is 4.39 Å². The van der Waals surface area contributed by atoms with Crippen LogP contribution in [0.1, 0.15) is 10.4 Å². The molecule has 96 valence electrons. The van der Waals surface area contributed by atoms with Gasteiger partial charge in [-0.15, -0.1) is 0 Å². The van der Waals surface area contributed by atoms with Gasteiger partial charge in [0.2, 0.25) is 6.79 Å². The molecule has 0 saturated carbocycles. The Balaban J connectivity index is 1.83. The Morgan fingerprint density at radius 1 is 1.11 bits per heavy atom. The number of benzene rings is 2. The molecule has 0 aromatic heterocycles. The van der Waals surface area contributed by atoms with Crippen molar-refractivity contribution in [1.29, 1.82) is 0 Å². The predicted molar refractivity (Wildman–Crippen MR) is 63.9 cm³/mol. The van der Waals surface area contributed by atoms with Gasteiger partial charge >= 0.3 is 5.97 Å². The Kier molecular flexibility index (Phi) is 2.79. The van der Waals surface area contributed by atoms with Gasteiger partial charge in [-0.3, -0.25) is 0 Å². The van der Waals surface area contributed by atoms with Crippen molar-refractivity contribution in [1.82, 2.24) is 0 Å². The summed E-state index contributed by atoms with van der Waals surface area (Å²) in [4.78, 5) is 11.9. The number of halogens is 1. The highest BCUT2D eigenvalue weighted by Crippen LogP contribution is 2.32. The lowest BCUT2D eigenvalue weighted by molar-refractivity contribution is 0.0727. The Hall–Kier alpha value is -2.56. The average molecular weight is 260 g/mol. The van der Waals surface area contributed by atoms with Gasteiger partial charge in [0.25, 0.3) is 0 Å². The lowest BCUT2D eigenvalue weighted by atomic mass is 10.2. The summed E-state index contributed by atoms with van der Waals surface area (Å²) in [5.41, 5.74) is 0.271. The number of fused-ring (bicyclic) bond motifs is 1. The van der Waals surface area contributed by atoms with E-state index in [9.17, 15) is 9.18 Å². The average Bonchev–Trinajstić information content (AvgIpc) is 2.88. The van der Waals surface area contributed by atoms with Crippen LogP contribution in [0.25, 0.3) is 0 Å². The van der Waals surface area contributed by atoms with E-state index in [1.807, 2.05) is 0 Å². The summed E-state index contributed by atoms with van der Waals surface area (Å²) in [6, 6.07) is 10.4. The van der Waals surface area contributed by atoms with E-state index >= 15 is 0 Å². The molecule has 1 aliphatic rings. The van der Waals surface area contributed by atoms with Gasteiger partial charge in [-0.05, 0) is 30.3 Å². The summed E-state index contributed by atoms with van der Waals surface area (Å²) in [5.74, 6) is -0.296. The van der Waals surface area contributed by atoms with Crippen LogP contribution >= 0.6 is 0 Å². The van der Waals surface area contributed by atoms with Crippen LogP contribution < -0.4 is 14.2 Å². The third-order valence-corrected chi connectivity index (χ3v) is 2.65. The Morgan fingerprint density at radius 3 is 2.74 bits per heavy atom. The fraction of sp³-hybridized carbons (Fsp3) is 0.0714. The SMILES string of the molecule is O=C(Oc1ccccc1F)c1ccc2c(c1)OCO2. The molecule has 0 radical (unpaired) electrons. The third kappa shape index (κ3) is 2.22. The topological polar surface area (TPSA) is 44.8 Å². The summed E-state index contributed by atoms with van der Waals surface area (Å²) >= 11 is 0.